The number of nitrogens with one attached hydrogen (secondary N) is 1. The zero-order valence-corrected chi connectivity index (χ0v) is 18.3. The lowest BCUT2D eigenvalue weighted by Gasteiger charge is -2.23. The van der Waals surface area contributed by atoms with Crippen LogP contribution in [-0.4, -0.2) is 27.1 Å². The molecule has 5 nitrogen and oxygen atoms in total. The van der Waals surface area contributed by atoms with Crippen LogP contribution in [0.1, 0.15) is 44.7 Å². The van der Waals surface area contributed by atoms with Gasteiger partial charge in [0.15, 0.2) is 11.6 Å². The quantitative estimate of drug-likeness (QED) is 0.597. The van der Waals surface area contributed by atoms with Crippen molar-refractivity contribution in [2.45, 2.75) is 39.2 Å². The molecule has 0 unspecified atom stereocenters. The lowest BCUT2D eigenvalue weighted by molar-refractivity contribution is -0.122. The molecule has 2 rings (SSSR count). The summed E-state index contributed by atoms with van der Waals surface area (Å²) in [6.45, 7) is 4.14. The van der Waals surface area contributed by atoms with E-state index in [1.165, 1.54) is 6.07 Å². The van der Waals surface area contributed by atoms with Crippen LogP contribution < -0.4 is 9.62 Å². The summed E-state index contributed by atoms with van der Waals surface area (Å²) in [5.74, 6) is -1.99. The van der Waals surface area contributed by atoms with Crippen LogP contribution in [0.5, 0.6) is 0 Å². The fraction of sp³-hybridized carbons (Fsp3) is 0.409. The molecule has 8 heteroatoms. The molecular formula is C22H28F2N2O3S. The molecule has 30 heavy (non-hydrogen) atoms. The number of sulfonamides is 1. The summed E-state index contributed by atoms with van der Waals surface area (Å²) in [7, 11) is -3.71. The molecule has 0 radical (unpaired) electrons. The predicted molar refractivity (Wildman–Crippen MR) is 115 cm³/mol. The van der Waals surface area contributed by atoms with E-state index >= 15 is 0 Å². The predicted octanol–water partition coefficient (Wildman–Crippen LogP) is 4.41. The monoisotopic (exact) mass is 438 g/mol. The Kier molecular flexibility index (Phi) is 8.34. The second-order valence-electron chi connectivity index (χ2n) is 7.70. The lowest BCUT2D eigenvalue weighted by atomic mass is 9.97. The zero-order chi connectivity index (χ0) is 22.3. The molecule has 1 N–H and O–H groups in total. The van der Waals surface area contributed by atoms with E-state index in [2.05, 4.69) is 19.2 Å². The molecule has 0 aromatic heterocycles. The zero-order valence-electron chi connectivity index (χ0n) is 17.4. The smallest absolute Gasteiger partial charge is 0.232 e. The maximum atomic E-state index is 13.5. The molecule has 0 aliphatic rings. The van der Waals surface area contributed by atoms with E-state index < -0.39 is 21.7 Å². The Morgan fingerprint density at radius 3 is 2.30 bits per heavy atom. The highest BCUT2D eigenvalue weighted by Crippen LogP contribution is 2.23. The van der Waals surface area contributed by atoms with Crippen molar-refractivity contribution in [3.05, 3.63) is 65.7 Å². The number of benzene rings is 2. The first kappa shape index (κ1) is 23.8. The third kappa shape index (κ3) is 7.09. The molecule has 2 aromatic rings. The van der Waals surface area contributed by atoms with E-state index in [1.54, 1.807) is 0 Å². The van der Waals surface area contributed by atoms with Crippen molar-refractivity contribution in [2.24, 2.45) is 5.92 Å². The van der Waals surface area contributed by atoms with Crippen LogP contribution in [0.2, 0.25) is 0 Å². The van der Waals surface area contributed by atoms with Crippen molar-refractivity contribution in [1.29, 1.82) is 0 Å². The largest absolute Gasteiger partial charge is 0.349 e. The third-order valence-corrected chi connectivity index (χ3v) is 5.79. The van der Waals surface area contributed by atoms with Gasteiger partial charge >= 0.3 is 0 Å². The standard InChI is InChI=1S/C22H28F2N2O3S/c1-16(2)14-21(17-8-5-4-6-9-17)25-22(27)10-7-13-26(30(3,28)29)18-11-12-19(23)20(24)15-18/h4-6,8-9,11-12,15-16,21H,7,10,13-14H2,1-3H3,(H,25,27)/t21-/m1/s1. The van der Waals surface area contributed by atoms with Gasteiger partial charge in [-0.25, -0.2) is 17.2 Å². The number of carbonyl (C=O) groups is 1. The van der Waals surface area contributed by atoms with Crippen molar-refractivity contribution in [3.8, 4) is 0 Å². The Hall–Kier alpha value is -2.48. The first-order chi connectivity index (χ1) is 14.1. The molecule has 0 saturated carbocycles. The Morgan fingerprint density at radius 2 is 1.73 bits per heavy atom. The van der Waals surface area contributed by atoms with Gasteiger partial charge in [-0.2, -0.15) is 0 Å². The van der Waals surface area contributed by atoms with E-state index in [1.807, 2.05) is 30.3 Å². The molecule has 0 aliphatic heterocycles. The van der Waals surface area contributed by atoms with E-state index in [9.17, 15) is 22.0 Å². The first-order valence-corrected chi connectivity index (χ1v) is 11.7. The summed E-state index contributed by atoms with van der Waals surface area (Å²) in [5, 5.41) is 3.02. The van der Waals surface area contributed by atoms with Gasteiger partial charge in [0, 0.05) is 19.0 Å². The average molecular weight is 439 g/mol. The van der Waals surface area contributed by atoms with Crippen LogP contribution in [-0.2, 0) is 14.8 Å². The number of hydrogen-bond donors (Lipinski definition) is 1. The Morgan fingerprint density at radius 1 is 1.07 bits per heavy atom. The van der Waals surface area contributed by atoms with Crippen LogP contribution in [0, 0.1) is 17.6 Å². The van der Waals surface area contributed by atoms with Gasteiger partial charge in [0.25, 0.3) is 0 Å². The van der Waals surface area contributed by atoms with Gasteiger partial charge in [-0.3, -0.25) is 9.10 Å². The van der Waals surface area contributed by atoms with Crippen molar-refractivity contribution in [1.82, 2.24) is 5.32 Å². The lowest BCUT2D eigenvalue weighted by Crippen LogP contribution is -2.33. The third-order valence-electron chi connectivity index (χ3n) is 4.60. The summed E-state index contributed by atoms with van der Waals surface area (Å²) in [4.78, 5) is 12.5. The van der Waals surface area contributed by atoms with Gasteiger partial charge in [0.1, 0.15) is 0 Å². The first-order valence-electron chi connectivity index (χ1n) is 9.85. The van der Waals surface area contributed by atoms with Crippen LogP contribution in [0.15, 0.2) is 48.5 Å². The van der Waals surface area contributed by atoms with Gasteiger partial charge in [-0.05, 0) is 36.5 Å². The summed E-state index contributed by atoms with van der Waals surface area (Å²) in [5.41, 5.74) is 1.04. The van der Waals surface area contributed by atoms with Crippen LogP contribution in [0.3, 0.4) is 0 Å². The van der Waals surface area contributed by atoms with Crippen molar-refractivity contribution >= 4 is 21.6 Å². The minimum Gasteiger partial charge on any atom is -0.349 e. The molecule has 0 saturated heterocycles. The molecule has 1 amide bonds. The molecule has 0 heterocycles. The van der Waals surface area contributed by atoms with Crippen LogP contribution in [0.25, 0.3) is 0 Å². The number of carbonyl (C=O) groups excluding carboxylic acids is 1. The molecular weight excluding hydrogens is 410 g/mol. The highest BCUT2D eigenvalue weighted by molar-refractivity contribution is 7.92. The molecule has 0 aliphatic carbocycles. The van der Waals surface area contributed by atoms with Gasteiger partial charge < -0.3 is 5.32 Å². The molecule has 0 spiro atoms. The highest BCUT2D eigenvalue weighted by atomic mass is 32.2. The second-order valence-corrected chi connectivity index (χ2v) is 9.60. The SMILES string of the molecule is CC(C)C[C@@H](NC(=O)CCCN(c1ccc(F)c(F)c1)S(C)(=O)=O)c1ccccc1. The molecule has 0 fully saturated rings. The number of halogens is 2. The maximum absolute atomic E-state index is 13.5. The van der Waals surface area contributed by atoms with E-state index in [0.29, 0.717) is 5.92 Å². The minimum absolute atomic E-state index is 0.0164. The van der Waals surface area contributed by atoms with E-state index in [4.69, 9.17) is 0 Å². The fourth-order valence-electron chi connectivity index (χ4n) is 3.21. The number of nitrogens with zero attached hydrogens (tertiary/aromatic N) is 1. The van der Waals surface area contributed by atoms with Gasteiger partial charge in [0.05, 0.1) is 18.0 Å². The second kappa shape index (κ2) is 10.5. The summed E-state index contributed by atoms with van der Waals surface area (Å²) >= 11 is 0. The highest BCUT2D eigenvalue weighted by Gasteiger charge is 2.20. The van der Waals surface area contributed by atoms with Crippen molar-refractivity contribution < 1.29 is 22.0 Å². The normalized spacial score (nSPS) is 12.6. The molecule has 164 valence electrons. The Balaban J connectivity index is 2.01. The number of anilines is 1. The summed E-state index contributed by atoms with van der Waals surface area (Å²) in [6, 6.07) is 12.5. The number of rotatable bonds is 10. The topological polar surface area (TPSA) is 66.5 Å². The van der Waals surface area contributed by atoms with Crippen molar-refractivity contribution in [2.75, 3.05) is 17.1 Å². The Bertz CT molecular complexity index is 950. The van der Waals surface area contributed by atoms with E-state index in [-0.39, 0.29) is 37.0 Å². The fourth-order valence-corrected chi connectivity index (χ4v) is 4.17. The van der Waals surface area contributed by atoms with Gasteiger partial charge in [0.2, 0.25) is 15.9 Å². The molecule has 1 atom stereocenters. The average Bonchev–Trinajstić information content (AvgIpc) is 2.66. The van der Waals surface area contributed by atoms with Crippen LogP contribution >= 0.6 is 0 Å². The van der Waals surface area contributed by atoms with Gasteiger partial charge in [-0.15, -0.1) is 0 Å². The number of amides is 1. The summed E-state index contributed by atoms with van der Waals surface area (Å²) in [6.07, 6.45) is 2.11. The molecule has 2 aromatic carbocycles. The van der Waals surface area contributed by atoms with Crippen molar-refractivity contribution in [3.63, 3.8) is 0 Å². The minimum atomic E-state index is -3.71. The Labute approximate surface area is 177 Å². The summed E-state index contributed by atoms with van der Waals surface area (Å²) < 4.78 is 51.9. The maximum Gasteiger partial charge on any atom is 0.232 e. The van der Waals surface area contributed by atoms with E-state index in [0.717, 1.165) is 34.7 Å². The van der Waals surface area contributed by atoms with Crippen LogP contribution in [0.4, 0.5) is 14.5 Å². The van der Waals surface area contributed by atoms with Gasteiger partial charge in [-0.1, -0.05) is 44.2 Å². The molecule has 0 bridgehead atoms. The number of hydrogen-bond acceptors (Lipinski definition) is 3.